The van der Waals surface area contributed by atoms with Crippen LogP contribution in [-0.4, -0.2) is 55.9 Å². The molecule has 0 radical (unpaired) electrons. The second-order valence-corrected chi connectivity index (χ2v) is 5.95. The summed E-state index contributed by atoms with van der Waals surface area (Å²) in [6.45, 7) is 4.57. The van der Waals surface area contributed by atoms with Gasteiger partial charge in [0, 0.05) is 25.4 Å². The zero-order chi connectivity index (χ0) is 17.5. The van der Waals surface area contributed by atoms with Gasteiger partial charge >= 0.3 is 0 Å². The van der Waals surface area contributed by atoms with Crippen LogP contribution in [0.1, 0.15) is 52.4 Å². The largest absolute Gasteiger partial charge is 0.389 e. The highest BCUT2D eigenvalue weighted by atomic mass is 19.1. The van der Waals surface area contributed by atoms with Gasteiger partial charge < -0.3 is 14.6 Å². The zero-order valence-corrected chi connectivity index (χ0v) is 14.4. The van der Waals surface area contributed by atoms with Crippen molar-refractivity contribution < 1.29 is 28.6 Å². The van der Waals surface area contributed by atoms with Gasteiger partial charge in [0.1, 0.15) is 18.6 Å². The SMILES string of the molecule is CC(C)C(=O)CCC(F)COCCOCCCCCC(=O)CO. The number of ketones is 2. The number of ether oxygens (including phenoxy) is 2. The fraction of sp³-hybridized carbons (Fsp3) is 0.882. The van der Waals surface area contributed by atoms with Crippen LogP contribution in [-0.2, 0) is 19.1 Å². The molecule has 1 N–H and O–H groups in total. The lowest BCUT2D eigenvalue weighted by molar-refractivity contribution is -0.122. The molecule has 0 aliphatic heterocycles. The number of carbonyl (C=O) groups is 2. The Hall–Kier alpha value is -0.850. The molecule has 136 valence electrons. The first-order valence-electron chi connectivity index (χ1n) is 8.42. The van der Waals surface area contributed by atoms with Gasteiger partial charge in [-0.3, -0.25) is 9.59 Å². The molecule has 6 heteroatoms. The van der Waals surface area contributed by atoms with Gasteiger partial charge in [-0.2, -0.15) is 0 Å². The van der Waals surface area contributed by atoms with E-state index in [0.29, 0.717) is 26.2 Å². The van der Waals surface area contributed by atoms with E-state index in [1.807, 2.05) is 13.8 Å². The molecule has 0 bridgehead atoms. The molecule has 0 heterocycles. The maximum atomic E-state index is 13.5. The Morgan fingerprint density at radius 1 is 1.00 bits per heavy atom. The van der Waals surface area contributed by atoms with Crippen LogP contribution in [0, 0.1) is 5.92 Å². The van der Waals surface area contributed by atoms with E-state index in [9.17, 15) is 14.0 Å². The summed E-state index contributed by atoms with van der Waals surface area (Å²) < 4.78 is 24.0. The number of Topliss-reactive ketones (excluding diaryl/α,β-unsaturated/α-hetero) is 2. The third-order valence-corrected chi connectivity index (χ3v) is 3.44. The highest BCUT2D eigenvalue weighted by molar-refractivity contribution is 5.80. The van der Waals surface area contributed by atoms with E-state index in [2.05, 4.69) is 0 Å². The summed E-state index contributed by atoms with van der Waals surface area (Å²) in [4.78, 5) is 22.2. The minimum Gasteiger partial charge on any atom is -0.389 e. The molecule has 0 amide bonds. The highest BCUT2D eigenvalue weighted by Crippen LogP contribution is 2.08. The predicted molar refractivity (Wildman–Crippen MR) is 86.2 cm³/mol. The van der Waals surface area contributed by atoms with Crippen LogP contribution < -0.4 is 0 Å². The van der Waals surface area contributed by atoms with Crippen molar-refractivity contribution in [2.24, 2.45) is 5.92 Å². The molecule has 0 fully saturated rings. The molecular formula is C17H31FO5. The van der Waals surface area contributed by atoms with Crippen LogP contribution in [0.25, 0.3) is 0 Å². The number of halogens is 1. The normalized spacial score (nSPS) is 12.6. The van der Waals surface area contributed by atoms with E-state index in [-0.39, 0.29) is 43.5 Å². The average Bonchev–Trinajstić information content (AvgIpc) is 2.53. The molecule has 1 atom stereocenters. The van der Waals surface area contributed by atoms with E-state index >= 15 is 0 Å². The molecule has 0 aromatic carbocycles. The fourth-order valence-electron chi connectivity index (χ4n) is 1.88. The summed E-state index contributed by atoms with van der Waals surface area (Å²) in [6, 6.07) is 0. The van der Waals surface area contributed by atoms with Gasteiger partial charge in [-0.25, -0.2) is 4.39 Å². The maximum Gasteiger partial charge on any atom is 0.158 e. The number of alkyl halides is 1. The van der Waals surface area contributed by atoms with Crippen molar-refractivity contribution in [2.75, 3.05) is 33.0 Å². The Morgan fingerprint density at radius 3 is 2.35 bits per heavy atom. The standard InChI is InChI=1S/C17H31FO5/c1-14(2)17(21)8-7-15(18)13-23-11-10-22-9-5-3-4-6-16(20)12-19/h14-15,19H,3-13H2,1-2H3. The minimum atomic E-state index is -1.11. The minimum absolute atomic E-state index is 0.00198. The van der Waals surface area contributed by atoms with Crippen molar-refractivity contribution in [1.82, 2.24) is 0 Å². The molecule has 23 heavy (non-hydrogen) atoms. The quantitative estimate of drug-likeness (QED) is 0.439. The monoisotopic (exact) mass is 334 g/mol. The number of aliphatic hydroxyl groups is 1. The first-order chi connectivity index (χ1) is 11.0. The molecule has 1 unspecified atom stereocenters. The lowest BCUT2D eigenvalue weighted by atomic mass is 10.0. The summed E-state index contributed by atoms with van der Waals surface area (Å²) in [5, 5.41) is 8.55. The molecule has 0 aliphatic rings. The van der Waals surface area contributed by atoms with Gasteiger partial charge in [0.25, 0.3) is 0 Å². The zero-order valence-electron chi connectivity index (χ0n) is 14.4. The predicted octanol–water partition coefficient (Wildman–Crippen LogP) is 2.48. The van der Waals surface area contributed by atoms with Gasteiger partial charge in [0.15, 0.2) is 5.78 Å². The Kier molecular flexibility index (Phi) is 14.2. The van der Waals surface area contributed by atoms with Crippen LogP contribution >= 0.6 is 0 Å². The van der Waals surface area contributed by atoms with Gasteiger partial charge in [0.05, 0.1) is 19.8 Å². The van der Waals surface area contributed by atoms with Crippen LogP contribution in [0.4, 0.5) is 4.39 Å². The molecule has 5 nitrogen and oxygen atoms in total. The average molecular weight is 334 g/mol. The number of carbonyl (C=O) groups excluding carboxylic acids is 2. The number of rotatable bonds is 16. The topological polar surface area (TPSA) is 72.8 Å². The number of hydrogen-bond acceptors (Lipinski definition) is 5. The van der Waals surface area contributed by atoms with Crippen LogP contribution in [0.2, 0.25) is 0 Å². The molecule has 0 spiro atoms. The van der Waals surface area contributed by atoms with E-state index in [1.165, 1.54) is 0 Å². The fourth-order valence-corrected chi connectivity index (χ4v) is 1.88. The first kappa shape index (κ1) is 22.1. The Bertz CT molecular complexity index is 320. The number of aliphatic hydroxyl groups excluding tert-OH is 1. The summed E-state index contributed by atoms with van der Waals surface area (Å²) in [7, 11) is 0. The van der Waals surface area contributed by atoms with Gasteiger partial charge in [-0.05, 0) is 19.3 Å². The summed E-state index contributed by atoms with van der Waals surface area (Å²) >= 11 is 0. The third kappa shape index (κ3) is 14.5. The molecule has 0 aromatic rings. The number of hydrogen-bond donors (Lipinski definition) is 1. The van der Waals surface area contributed by atoms with Crippen LogP contribution in [0.3, 0.4) is 0 Å². The third-order valence-electron chi connectivity index (χ3n) is 3.44. The van der Waals surface area contributed by atoms with E-state index in [1.54, 1.807) is 0 Å². The van der Waals surface area contributed by atoms with Crippen LogP contribution in [0.5, 0.6) is 0 Å². The van der Waals surface area contributed by atoms with Crippen molar-refractivity contribution in [2.45, 2.75) is 58.5 Å². The Labute approximate surface area is 138 Å². The van der Waals surface area contributed by atoms with Gasteiger partial charge in [-0.15, -0.1) is 0 Å². The molecule has 0 saturated heterocycles. The molecule has 0 saturated carbocycles. The second-order valence-electron chi connectivity index (χ2n) is 5.95. The lowest BCUT2D eigenvalue weighted by Gasteiger charge is -2.10. The molecule has 0 rings (SSSR count). The first-order valence-corrected chi connectivity index (χ1v) is 8.42. The van der Waals surface area contributed by atoms with E-state index in [0.717, 1.165) is 19.3 Å². The number of unbranched alkanes of at least 4 members (excludes halogenated alkanes) is 2. The molecule has 0 aliphatic carbocycles. The molecular weight excluding hydrogens is 303 g/mol. The lowest BCUT2D eigenvalue weighted by Crippen LogP contribution is -2.16. The maximum absolute atomic E-state index is 13.5. The molecule has 0 aromatic heterocycles. The van der Waals surface area contributed by atoms with Crippen molar-refractivity contribution in [3.63, 3.8) is 0 Å². The van der Waals surface area contributed by atoms with Crippen molar-refractivity contribution in [3.05, 3.63) is 0 Å². The summed E-state index contributed by atoms with van der Waals surface area (Å²) in [5.41, 5.74) is 0. The highest BCUT2D eigenvalue weighted by Gasteiger charge is 2.12. The Balaban J connectivity index is 3.29. The van der Waals surface area contributed by atoms with E-state index in [4.69, 9.17) is 14.6 Å². The van der Waals surface area contributed by atoms with Crippen LogP contribution in [0.15, 0.2) is 0 Å². The van der Waals surface area contributed by atoms with Gasteiger partial charge in [0.2, 0.25) is 0 Å². The van der Waals surface area contributed by atoms with E-state index < -0.39 is 6.17 Å². The van der Waals surface area contributed by atoms with Crippen molar-refractivity contribution in [1.29, 1.82) is 0 Å². The Morgan fingerprint density at radius 2 is 1.70 bits per heavy atom. The van der Waals surface area contributed by atoms with Crippen molar-refractivity contribution in [3.8, 4) is 0 Å². The van der Waals surface area contributed by atoms with Gasteiger partial charge in [-0.1, -0.05) is 20.3 Å². The smallest absolute Gasteiger partial charge is 0.158 e. The second kappa shape index (κ2) is 14.7. The summed E-state index contributed by atoms with van der Waals surface area (Å²) in [6.07, 6.45) is 2.27. The summed E-state index contributed by atoms with van der Waals surface area (Å²) in [5.74, 6) is -0.0925. The van der Waals surface area contributed by atoms with Crippen molar-refractivity contribution >= 4 is 11.6 Å².